The summed E-state index contributed by atoms with van der Waals surface area (Å²) in [6.07, 6.45) is 4.60. The van der Waals surface area contributed by atoms with E-state index < -0.39 is 0 Å². The van der Waals surface area contributed by atoms with Gasteiger partial charge in [0.05, 0.1) is 31.5 Å². The molecule has 0 radical (unpaired) electrons. The van der Waals surface area contributed by atoms with Gasteiger partial charge < -0.3 is 20.1 Å². The summed E-state index contributed by atoms with van der Waals surface area (Å²) in [5, 5.41) is 7.04. The highest BCUT2D eigenvalue weighted by atomic mass is 16.5. The number of ether oxygens (including phenoxy) is 2. The Balaban J connectivity index is 1.74. The molecule has 1 heterocycles. The molecule has 0 unspecified atom stereocenters. The van der Waals surface area contributed by atoms with Gasteiger partial charge in [0.25, 0.3) is 0 Å². The Morgan fingerprint density at radius 3 is 2.66 bits per heavy atom. The number of aromatic nitrogens is 2. The molecule has 35 heavy (non-hydrogen) atoms. The number of carbonyl (C=O) groups excluding carboxylic acids is 2. The second-order valence-electron chi connectivity index (χ2n) is 7.96. The van der Waals surface area contributed by atoms with Gasteiger partial charge in [-0.15, -0.1) is 0 Å². The Hall–Kier alpha value is -3.98. The van der Waals surface area contributed by atoms with E-state index in [1.54, 1.807) is 37.1 Å². The molecule has 0 aliphatic rings. The van der Waals surface area contributed by atoms with E-state index in [-0.39, 0.29) is 24.5 Å². The number of hydrogen-bond donors (Lipinski definition) is 2. The van der Waals surface area contributed by atoms with Gasteiger partial charge in [-0.1, -0.05) is 36.4 Å². The first-order valence-electron chi connectivity index (χ1n) is 11.4. The third-order valence-corrected chi connectivity index (χ3v) is 5.26. The fourth-order valence-electron chi connectivity index (χ4n) is 3.50. The fourth-order valence-corrected chi connectivity index (χ4v) is 3.50. The quantitative estimate of drug-likeness (QED) is 0.317. The Bertz CT molecular complexity index is 1180. The van der Waals surface area contributed by atoms with Crippen LogP contribution in [0.25, 0.3) is 10.9 Å². The van der Waals surface area contributed by atoms with Crippen molar-refractivity contribution in [3.8, 4) is 5.75 Å². The number of benzene rings is 2. The third kappa shape index (κ3) is 7.25. The van der Waals surface area contributed by atoms with Crippen molar-refractivity contribution >= 4 is 34.3 Å². The molecule has 1 amide bonds. The van der Waals surface area contributed by atoms with Gasteiger partial charge in [-0.25, -0.2) is 9.97 Å². The Morgan fingerprint density at radius 2 is 1.94 bits per heavy atom. The van der Waals surface area contributed by atoms with Gasteiger partial charge in [0.2, 0.25) is 5.91 Å². The maximum Gasteiger partial charge on any atom is 0.320 e. The lowest BCUT2D eigenvalue weighted by atomic mass is 10.1. The monoisotopic (exact) mass is 477 g/mol. The van der Waals surface area contributed by atoms with E-state index in [1.807, 2.05) is 30.3 Å². The zero-order valence-corrected chi connectivity index (χ0v) is 20.4. The molecular weight excluding hydrogens is 446 g/mol. The molecule has 184 valence electrons. The van der Waals surface area contributed by atoms with E-state index in [0.29, 0.717) is 35.9 Å². The minimum Gasteiger partial charge on any atom is -0.494 e. The van der Waals surface area contributed by atoms with Crippen molar-refractivity contribution in [1.29, 1.82) is 0 Å². The maximum absolute atomic E-state index is 12.6. The Kier molecular flexibility index (Phi) is 9.14. The molecule has 1 aromatic heterocycles. The first-order chi connectivity index (χ1) is 16.9. The topological polar surface area (TPSA) is 106 Å². The molecule has 9 heteroatoms. The van der Waals surface area contributed by atoms with Crippen LogP contribution in [0.4, 0.5) is 11.5 Å². The smallest absolute Gasteiger partial charge is 0.320 e. The second kappa shape index (κ2) is 12.5. The summed E-state index contributed by atoms with van der Waals surface area (Å²) in [5.74, 6) is 0.512. The number of fused-ring (bicyclic) bond motifs is 1. The van der Waals surface area contributed by atoms with E-state index in [9.17, 15) is 9.59 Å². The number of nitrogens with zero attached hydrogens (tertiary/aromatic N) is 3. The maximum atomic E-state index is 12.6. The van der Waals surface area contributed by atoms with Crippen molar-refractivity contribution in [2.75, 3.05) is 44.5 Å². The third-order valence-electron chi connectivity index (χ3n) is 5.26. The second-order valence-corrected chi connectivity index (χ2v) is 7.96. The van der Waals surface area contributed by atoms with Crippen LogP contribution >= 0.6 is 0 Å². The molecule has 0 bridgehead atoms. The molecule has 1 atom stereocenters. The summed E-state index contributed by atoms with van der Waals surface area (Å²) in [7, 11) is 3.31. The summed E-state index contributed by atoms with van der Waals surface area (Å²) < 4.78 is 10.4. The molecule has 9 nitrogen and oxygen atoms in total. The van der Waals surface area contributed by atoms with E-state index in [4.69, 9.17) is 9.47 Å². The van der Waals surface area contributed by atoms with Gasteiger partial charge in [0, 0.05) is 30.1 Å². The lowest BCUT2D eigenvalue weighted by Crippen LogP contribution is -2.27. The zero-order valence-electron chi connectivity index (χ0n) is 20.4. The van der Waals surface area contributed by atoms with Crippen LogP contribution in [0, 0.1) is 0 Å². The van der Waals surface area contributed by atoms with Crippen molar-refractivity contribution in [2.24, 2.45) is 0 Å². The summed E-state index contributed by atoms with van der Waals surface area (Å²) in [4.78, 5) is 34.6. The highest BCUT2D eigenvalue weighted by Gasteiger charge is 2.14. The van der Waals surface area contributed by atoms with Gasteiger partial charge in [-0.2, -0.15) is 0 Å². The minimum absolute atomic E-state index is 0.0176. The lowest BCUT2D eigenvalue weighted by molar-refractivity contribution is -0.143. The zero-order chi connectivity index (χ0) is 25.2. The lowest BCUT2D eigenvalue weighted by Gasteiger charge is -2.17. The van der Waals surface area contributed by atoms with Gasteiger partial charge in [-0.05, 0) is 32.5 Å². The number of methoxy groups -OCH3 is 1. The molecule has 2 N–H and O–H groups in total. The van der Waals surface area contributed by atoms with Crippen LogP contribution < -0.4 is 15.4 Å². The van der Waals surface area contributed by atoms with Gasteiger partial charge in [0.15, 0.2) is 0 Å². The van der Waals surface area contributed by atoms with Crippen molar-refractivity contribution in [1.82, 2.24) is 14.9 Å². The van der Waals surface area contributed by atoms with Crippen LogP contribution in [-0.2, 0) is 14.3 Å². The van der Waals surface area contributed by atoms with Crippen LogP contribution in [0.15, 0.2) is 60.9 Å². The molecule has 0 spiro atoms. The van der Waals surface area contributed by atoms with Crippen LogP contribution in [-0.4, -0.2) is 60.6 Å². The van der Waals surface area contributed by atoms with Crippen molar-refractivity contribution in [3.05, 3.63) is 66.5 Å². The highest BCUT2D eigenvalue weighted by Crippen LogP contribution is 2.33. The van der Waals surface area contributed by atoms with Crippen LogP contribution in [0.3, 0.4) is 0 Å². The Morgan fingerprint density at radius 1 is 1.17 bits per heavy atom. The summed E-state index contributed by atoms with van der Waals surface area (Å²) in [6, 6.07) is 13.6. The molecule has 0 aliphatic carbocycles. The van der Waals surface area contributed by atoms with Crippen molar-refractivity contribution in [2.45, 2.75) is 19.9 Å². The normalized spacial score (nSPS) is 12.0. The average Bonchev–Trinajstić information content (AvgIpc) is 2.84. The Labute approximate surface area is 205 Å². The average molecular weight is 478 g/mol. The molecule has 3 aromatic rings. The molecule has 0 saturated carbocycles. The highest BCUT2D eigenvalue weighted by molar-refractivity contribution is 6.03. The molecule has 2 aromatic carbocycles. The molecular formula is C26H31N5O4. The van der Waals surface area contributed by atoms with Crippen LogP contribution in [0.1, 0.15) is 25.5 Å². The number of anilines is 2. The van der Waals surface area contributed by atoms with E-state index >= 15 is 0 Å². The molecule has 0 saturated heterocycles. The number of likely N-dealkylation sites (N-methyl/N-ethyl adjacent to an activating group) is 1. The largest absolute Gasteiger partial charge is 0.494 e. The number of rotatable bonds is 11. The number of amides is 1. The van der Waals surface area contributed by atoms with Crippen LogP contribution in [0.5, 0.6) is 5.75 Å². The first-order valence-corrected chi connectivity index (χ1v) is 11.4. The van der Waals surface area contributed by atoms with Crippen molar-refractivity contribution < 1.29 is 19.1 Å². The molecule has 0 aliphatic heterocycles. The molecule has 0 fully saturated rings. The van der Waals surface area contributed by atoms with Gasteiger partial charge >= 0.3 is 5.97 Å². The van der Waals surface area contributed by atoms with E-state index in [1.165, 1.54) is 19.5 Å². The number of esters is 1. The number of carbonyl (C=O) groups is 2. The van der Waals surface area contributed by atoms with Crippen LogP contribution in [0.2, 0.25) is 0 Å². The predicted octanol–water partition coefficient (Wildman–Crippen LogP) is 3.80. The predicted molar refractivity (Wildman–Crippen MR) is 136 cm³/mol. The summed E-state index contributed by atoms with van der Waals surface area (Å²) in [6.45, 7) is 4.72. The van der Waals surface area contributed by atoms with E-state index in [0.717, 1.165) is 10.9 Å². The summed E-state index contributed by atoms with van der Waals surface area (Å²) in [5.41, 5.74) is 2.31. The SMILES string of the molecule is CCOC(=O)CN(C)C/C=C/C(=O)Nc1cc2c(N[C@H](C)c3ccccc3)ncnc2cc1OC. The fraction of sp³-hybridized carbons (Fsp3) is 0.308. The van der Waals surface area contributed by atoms with Gasteiger partial charge in [-0.3, -0.25) is 14.5 Å². The number of hydrogen-bond acceptors (Lipinski definition) is 8. The number of nitrogens with one attached hydrogen (secondary N) is 2. The van der Waals surface area contributed by atoms with Crippen molar-refractivity contribution in [3.63, 3.8) is 0 Å². The van der Waals surface area contributed by atoms with Gasteiger partial charge in [0.1, 0.15) is 17.9 Å². The summed E-state index contributed by atoms with van der Waals surface area (Å²) >= 11 is 0. The first kappa shape index (κ1) is 25.6. The molecule has 3 rings (SSSR count). The minimum atomic E-state index is -0.323. The standard InChI is InChI=1S/C26H31N5O4/c1-5-35-25(33)16-31(3)13-9-12-24(32)30-22-14-20-21(15-23(22)34-4)27-17-28-26(20)29-18(2)19-10-7-6-8-11-19/h6-12,14-15,17-18H,5,13,16H2,1-4H3,(H,30,32)(H,27,28,29)/b12-9+/t18-/m1/s1. The van der Waals surface area contributed by atoms with E-state index in [2.05, 4.69) is 27.5 Å².